The average molecular weight is 445 g/mol. The summed E-state index contributed by atoms with van der Waals surface area (Å²) < 4.78 is 14.0. The lowest BCUT2D eigenvalue weighted by molar-refractivity contribution is -0.143. The molecule has 0 aliphatic carbocycles. The Morgan fingerprint density at radius 1 is 1.10 bits per heavy atom. The molecule has 2 heterocycles. The first kappa shape index (κ1) is 22.4. The lowest BCUT2D eigenvalue weighted by Gasteiger charge is -2.06. The van der Waals surface area contributed by atoms with Crippen molar-refractivity contribution in [1.82, 2.24) is 14.3 Å². The molecule has 31 heavy (non-hydrogen) atoms. The molecule has 9 nitrogen and oxygen atoms in total. The Morgan fingerprint density at radius 2 is 1.84 bits per heavy atom. The van der Waals surface area contributed by atoms with Gasteiger partial charge < -0.3 is 14.0 Å². The van der Waals surface area contributed by atoms with Crippen LogP contribution in [0.2, 0.25) is 0 Å². The third-order valence-electron chi connectivity index (χ3n) is 4.40. The van der Waals surface area contributed by atoms with E-state index in [1.165, 1.54) is 11.3 Å². The first-order valence-corrected chi connectivity index (χ1v) is 10.8. The van der Waals surface area contributed by atoms with Gasteiger partial charge in [-0.1, -0.05) is 11.3 Å². The van der Waals surface area contributed by atoms with Crippen molar-refractivity contribution >= 4 is 39.4 Å². The molecule has 0 atom stereocenters. The van der Waals surface area contributed by atoms with E-state index < -0.39 is 17.8 Å². The number of thiazole rings is 1. The molecule has 0 saturated heterocycles. The molecular formula is C21H24N4O5S. The number of ether oxygens (including phenoxy) is 2. The summed E-state index contributed by atoms with van der Waals surface area (Å²) in [7, 11) is 0. The maximum atomic E-state index is 12.9. The minimum atomic E-state index is -0.461. The molecule has 0 saturated carbocycles. The predicted octanol–water partition coefficient (Wildman–Crippen LogP) is 2.71. The first-order valence-electron chi connectivity index (χ1n) is 9.97. The van der Waals surface area contributed by atoms with Crippen LogP contribution in [0.4, 0.5) is 0 Å². The summed E-state index contributed by atoms with van der Waals surface area (Å²) in [5.74, 6) is -1.34. The van der Waals surface area contributed by atoms with Crippen LogP contribution < -0.4 is 4.80 Å². The Hall–Kier alpha value is -3.27. The molecule has 0 radical (unpaired) electrons. The number of carbonyl (C=O) groups excluding carboxylic acids is 3. The summed E-state index contributed by atoms with van der Waals surface area (Å²) in [5, 5.41) is 4.29. The second-order valence-electron chi connectivity index (χ2n) is 6.58. The molecule has 3 aromatic rings. The van der Waals surface area contributed by atoms with Gasteiger partial charge in [-0.2, -0.15) is 10.1 Å². The zero-order chi connectivity index (χ0) is 22.5. The fourth-order valence-corrected chi connectivity index (χ4v) is 4.16. The number of nitrogens with zero attached hydrogens (tertiary/aromatic N) is 4. The SMILES string of the molecule is CCOC(=O)Cn1c(=NC(=O)c2cc(C)nn2CC)sc2cc(C(=O)OCC)ccc21. The number of hydrogen-bond donors (Lipinski definition) is 0. The van der Waals surface area contributed by atoms with Gasteiger partial charge in [-0.3, -0.25) is 14.3 Å². The molecule has 1 amide bonds. The van der Waals surface area contributed by atoms with E-state index in [0.717, 1.165) is 5.69 Å². The minimum absolute atomic E-state index is 0.106. The van der Waals surface area contributed by atoms with Crippen molar-refractivity contribution in [3.63, 3.8) is 0 Å². The van der Waals surface area contributed by atoms with Crippen molar-refractivity contribution in [2.24, 2.45) is 4.99 Å². The van der Waals surface area contributed by atoms with E-state index in [1.54, 1.807) is 54.3 Å². The highest BCUT2D eigenvalue weighted by atomic mass is 32.1. The first-order chi connectivity index (χ1) is 14.9. The topological polar surface area (TPSA) is 105 Å². The highest BCUT2D eigenvalue weighted by Gasteiger charge is 2.17. The molecule has 0 bridgehead atoms. The molecule has 0 aliphatic rings. The van der Waals surface area contributed by atoms with Crippen molar-refractivity contribution in [3.8, 4) is 0 Å². The van der Waals surface area contributed by atoms with Gasteiger partial charge in [0.2, 0.25) is 0 Å². The number of aromatic nitrogens is 3. The predicted molar refractivity (Wildman–Crippen MR) is 115 cm³/mol. The van der Waals surface area contributed by atoms with Gasteiger partial charge in [0.05, 0.1) is 34.7 Å². The molecule has 164 valence electrons. The summed E-state index contributed by atoms with van der Waals surface area (Å²) in [6, 6.07) is 6.68. The maximum absolute atomic E-state index is 12.9. The lowest BCUT2D eigenvalue weighted by Crippen LogP contribution is -2.23. The number of rotatable bonds is 7. The maximum Gasteiger partial charge on any atom is 0.338 e. The molecule has 2 aromatic heterocycles. The van der Waals surface area contributed by atoms with Gasteiger partial charge >= 0.3 is 11.9 Å². The van der Waals surface area contributed by atoms with Crippen LogP contribution in [-0.4, -0.2) is 45.4 Å². The molecule has 1 aromatic carbocycles. The van der Waals surface area contributed by atoms with Gasteiger partial charge in [-0.25, -0.2) is 4.79 Å². The summed E-state index contributed by atoms with van der Waals surface area (Å²) in [6.45, 7) is 8.09. The number of benzene rings is 1. The fraction of sp³-hybridized carbons (Fsp3) is 0.381. The second kappa shape index (κ2) is 9.69. The Kier molecular flexibility index (Phi) is 7.01. The Morgan fingerprint density at radius 3 is 2.52 bits per heavy atom. The van der Waals surface area contributed by atoms with Gasteiger partial charge in [0.25, 0.3) is 5.91 Å². The number of carbonyl (C=O) groups is 3. The van der Waals surface area contributed by atoms with Gasteiger partial charge in [0.15, 0.2) is 4.80 Å². The van der Waals surface area contributed by atoms with Crippen molar-refractivity contribution < 1.29 is 23.9 Å². The molecule has 0 unspecified atom stereocenters. The molecule has 0 N–H and O–H groups in total. The van der Waals surface area contributed by atoms with Crippen molar-refractivity contribution in [3.05, 3.63) is 46.0 Å². The average Bonchev–Trinajstić information content (AvgIpc) is 3.28. The van der Waals surface area contributed by atoms with E-state index in [9.17, 15) is 14.4 Å². The lowest BCUT2D eigenvalue weighted by atomic mass is 10.2. The number of aryl methyl sites for hydroxylation is 2. The van der Waals surface area contributed by atoms with Crippen LogP contribution in [0.5, 0.6) is 0 Å². The summed E-state index contributed by atoms with van der Waals surface area (Å²) >= 11 is 1.21. The van der Waals surface area contributed by atoms with Crippen LogP contribution >= 0.6 is 11.3 Å². The zero-order valence-corrected chi connectivity index (χ0v) is 18.7. The van der Waals surface area contributed by atoms with Crippen LogP contribution in [0.1, 0.15) is 47.3 Å². The summed E-state index contributed by atoms with van der Waals surface area (Å²) in [6.07, 6.45) is 0. The normalized spacial score (nSPS) is 11.7. The quantitative estimate of drug-likeness (QED) is 0.519. The van der Waals surface area contributed by atoms with Crippen molar-refractivity contribution in [2.45, 2.75) is 40.8 Å². The van der Waals surface area contributed by atoms with E-state index >= 15 is 0 Å². The smallest absolute Gasteiger partial charge is 0.338 e. The number of amides is 1. The second-order valence-corrected chi connectivity index (χ2v) is 7.59. The molecule has 0 spiro atoms. The van der Waals surface area contributed by atoms with Crippen LogP contribution in [-0.2, 0) is 27.4 Å². The summed E-state index contributed by atoms with van der Waals surface area (Å²) in [5.41, 5.74) is 2.14. The third-order valence-corrected chi connectivity index (χ3v) is 5.45. The standard InChI is InChI=1S/C21H24N4O5S/c1-5-25-16(10-13(4)23-25)19(27)22-21-24(12-18(26)29-6-2)15-9-8-14(11-17(15)31-21)20(28)30-7-3/h8-11H,5-7,12H2,1-4H3. The van der Waals surface area contributed by atoms with Gasteiger partial charge in [0.1, 0.15) is 12.2 Å². The van der Waals surface area contributed by atoms with E-state index in [4.69, 9.17) is 9.47 Å². The summed E-state index contributed by atoms with van der Waals surface area (Å²) in [4.78, 5) is 41.7. The minimum Gasteiger partial charge on any atom is -0.465 e. The van der Waals surface area contributed by atoms with Gasteiger partial charge in [-0.15, -0.1) is 0 Å². The molecule has 10 heteroatoms. The van der Waals surface area contributed by atoms with Crippen molar-refractivity contribution in [2.75, 3.05) is 13.2 Å². The van der Waals surface area contributed by atoms with Crippen molar-refractivity contribution in [1.29, 1.82) is 0 Å². The largest absolute Gasteiger partial charge is 0.465 e. The molecule has 3 rings (SSSR count). The molecule has 0 fully saturated rings. The number of fused-ring (bicyclic) bond motifs is 1. The van der Waals surface area contributed by atoms with Gasteiger partial charge in [-0.05, 0) is 52.0 Å². The van der Waals surface area contributed by atoms with Gasteiger partial charge in [0, 0.05) is 6.54 Å². The highest BCUT2D eigenvalue weighted by molar-refractivity contribution is 7.16. The number of hydrogen-bond acceptors (Lipinski definition) is 7. The Labute approximate surface area is 182 Å². The number of esters is 2. The zero-order valence-electron chi connectivity index (χ0n) is 17.9. The monoisotopic (exact) mass is 444 g/mol. The van der Waals surface area contributed by atoms with Crippen LogP contribution in [0.15, 0.2) is 29.3 Å². The Balaban J connectivity index is 2.12. The third kappa shape index (κ3) is 4.91. The Bertz CT molecular complexity index is 1200. The highest BCUT2D eigenvalue weighted by Crippen LogP contribution is 2.20. The molecule has 0 aliphatic heterocycles. The van der Waals surface area contributed by atoms with E-state index in [1.807, 2.05) is 6.92 Å². The van der Waals surface area contributed by atoms with Crippen LogP contribution in [0, 0.1) is 6.92 Å². The van der Waals surface area contributed by atoms with Crippen LogP contribution in [0.3, 0.4) is 0 Å². The van der Waals surface area contributed by atoms with E-state index in [0.29, 0.717) is 32.8 Å². The van der Waals surface area contributed by atoms with Crippen LogP contribution in [0.25, 0.3) is 10.2 Å². The van der Waals surface area contributed by atoms with E-state index in [2.05, 4.69) is 10.1 Å². The molecular weight excluding hydrogens is 420 g/mol. The fourth-order valence-electron chi connectivity index (χ4n) is 3.09. The van der Waals surface area contributed by atoms with E-state index in [-0.39, 0.29) is 19.8 Å².